The smallest absolute Gasteiger partial charge is 0.194 e. The van der Waals surface area contributed by atoms with Crippen LogP contribution in [0.4, 0.5) is 0 Å². The first kappa shape index (κ1) is 16.7. The number of aromatic nitrogens is 1. The molecule has 1 rings (SSSR count). The molecule has 0 bridgehead atoms. The molecule has 0 radical (unpaired) electrons. The van der Waals surface area contributed by atoms with Gasteiger partial charge >= 0.3 is 0 Å². The van der Waals surface area contributed by atoms with Gasteiger partial charge in [0.2, 0.25) is 0 Å². The van der Waals surface area contributed by atoms with Gasteiger partial charge in [-0.1, -0.05) is 6.08 Å². The second kappa shape index (κ2) is 9.53. The van der Waals surface area contributed by atoms with Crippen LogP contribution in [0.15, 0.2) is 36.0 Å². The van der Waals surface area contributed by atoms with Crippen molar-refractivity contribution in [2.45, 2.75) is 13.5 Å². The summed E-state index contributed by atoms with van der Waals surface area (Å²) in [6.45, 7) is 8.39. The summed E-state index contributed by atoms with van der Waals surface area (Å²) in [6, 6.07) is 4.21. The summed E-state index contributed by atoms with van der Waals surface area (Å²) >= 11 is 1.86. The topological polar surface area (TPSA) is 32.6 Å². The Hall–Kier alpha value is -1.36. The van der Waals surface area contributed by atoms with Crippen LogP contribution < -0.4 is 5.32 Å². The molecule has 0 aliphatic rings. The van der Waals surface area contributed by atoms with Crippen LogP contribution in [0.5, 0.6) is 0 Å². The molecule has 20 heavy (non-hydrogen) atoms. The monoisotopic (exact) mass is 294 g/mol. The van der Waals surface area contributed by atoms with Crippen molar-refractivity contribution in [3.8, 4) is 0 Å². The molecular formula is C15H26N4S. The van der Waals surface area contributed by atoms with E-state index in [-0.39, 0.29) is 0 Å². The lowest BCUT2D eigenvalue weighted by Gasteiger charge is -2.22. The Morgan fingerprint density at radius 3 is 3.00 bits per heavy atom. The van der Waals surface area contributed by atoms with E-state index in [2.05, 4.69) is 65.7 Å². The maximum Gasteiger partial charge on any atom is 0.194 e. The lowest BCUT2D eigenvalue weighted by molar-refractivity contribution is 0.462. The van der Waals surface area contributed by atoms with Gasteiger partial charge in [0.1, 0.15) is 0 Å². The zero-order valence-electron chi connectivity index (χ0n) is 12.8. The molecule has 0 aromatic carbocycles. The summed E-state index contributed by atoms with van der Waals surface area (Å²) in [5.74, 6) is 2.98. The fourth-order valence-electron chi connectivity index (χ4n) is 1.83. The molecule has 0 fully saturated rings. The maximum absolute atomic E-state index is 4.66. The molecule has 0 atom stereocenters. The van der Waals surface area contributed by atoms with E-state index in [1.807, 2.05) is 17.8 Å². The Morgan fingerprint density at radius 2 is 2.40 bits per heavy atom. The molecule has 0 saturated heterocycles. The van der Waals surface area contributed by atoms with Crippen molar-refractivity contribution >= 4 is 17.7 Å². The van der Waals surface area contributed by atoms with Crippen molar-refractivity contribution in [1.82, 2.24) is 14.8 Å². The molecule has 1 N–H and O–H groups in total. The quantitative estimate of drug-likeness (QED) is 0.346. The minimum Gasteiger partial charge on any atom is -0.357 e. The van der Waals surface area contributed by atoms with Crippen LogP contribution >= 0.6 is 11.8 Å². The van der Waals surface area contributed by atoms with E-state index in [4.69, 9.17) is 0 Å². The minimum absolute atomic E-state index is 0.832. The van der Waals surface area contributed by atoms with Gasteiger partial charge < -0.3 is 14.8 Å². The van der Waals surface area contributed by atoms with Crippen molar-refractivity contribution < 1.29 is 0 Å². The van der Waals surface area contributed by atoms with Crippen molar-refractivity contribution in [2.75, 3.05) is 31.6 Å². The summed E-state index contributed by atoms with van der Waals surface area (Å²) in [7, 11) is 4.14. The van der Waals surface area contributed by atoms with Crippen LogP contribution in [0.2, 0.25) is 0 Å². The number of aliphatic imine (C=N–C) groups is 1. The Balaban J connectivity index is 2.52. The maximum atomic E-state index is 4.66. The van der Waals surface area contributed by atoms with Crippen LogP contribution in [0.1, 0.15) is 12.6 Å². The molecule has 0 unspecified atom stereocenters. The van der Waals surface area contributed by atoms with Gasteiger partial charge in [-0.05, 0) is 19.1 Å². The Labute approximate surface area is 127 Å². The number of rotatable bonds is 8. The Morgan fingerprint density at radius 1 is 1.60 bits per heavy atom. The predicted molar refractivity (Wildman–Crippen MR) is 90.4 cm³/mol. The number of aryl methyl sites for hydroxylation is 1. The highest BCUT2D eigenvalue weighted by Gasteiger charge is 2.07. The van der Waals surface area contributed by atoms with Crippen LogP contribution in [0, 0.1) is 0 Å². The molecule has 5 heteroatoms. The third-order valence-electron chi connectivity index (χ3n) is 2.88. The van der Waals surface area contributed by atoms with Gasteiger partial charge in [0.25, 0.3) is 0 Å². The van der Waals surface area contributed by atoms with Gasteiger partial charge in [-0.3, -0.25) is 4.99 Å². The first-order valence-corrected chi connectivity index (χ1v) is 8.12. The third kappa shape index (κ3) is 5.74. The van der Waals surface area contributed by atoms with Gasteiger partial charge in [-0.25, -0.2) is 0 Å². The molecule has 0 amide bonds. The van der Waals surface area contributed by atoms with E-state index in [0.29, 0.717) is 0 Å². The first-order chi connectivity index (χ1) is 9.69. The van der Waals surface area contributed by atoms with Crippen molar-refractivity contribution in [3.05, 3.63) is 36.7 Å². The fraction of sp³-hybridized carbons (Fsp3) is 0.533. The number of hydrogen-bond donors (Lipinski definition) is 1. The van der Waals surface area contributed by atoms with Crippen molar-refractivity contribution in [2.24, 2.45) is 12.0 Å². The summed E-state index contributed by atoms with van der Waals surface area (Å²) in [5.41, 5.74) is 1.28. The van der Waals surface area contributed by atoms with Crippen LogP contribution in [0.3, 0.4) is 0 Å². The summed E-state index contributed by atoms with van der Waals surface area (Å²) in [5, 5.41) is 3.34. The lowest BCUT2D eigenvalue weighted by atomic mass is 10.4. The van der Waals surface area contributed by atoms with E-state index in [9.17, 15) is 0 Å². The number of hydrogen-bond acceptors (Lipinski definition) is 2. The van der Waals surface area contributed by atoms with Gasteiger partial charge in [0, 0.05) is 44.0 Å². The Bertz CT molecular complexity index is 425. The minimum atomic E-state index is 0.832. The van der Waals surface area contributed by atoms with Gasteiger partial charge in [0.05, 0.1) is 13.1 Å². The highest BCUT2D eigenvalue weighted by atomic mass is 32.2. The van der Waals surface area contributed by atoms with E-state index in [0.717, 1.165) is 37.1 Å². The van der Waals surface area contributed by atoms with Crippen molar-refractivity contribution in [3.63, 3.8) is 0 Å². The SMILES string of the molecule is C=CCSCCN=C(NCC)N(C)Cc1cccn1C. The van der Waals surface area contributed by atoms with E-state index < -0.39 is 0 Å². The zero-order valence-corrected chi connectivity index (χ0v) is 13.6. The Kier molecular flexibility index (Phi) is 7.95. The highest BCUT2D eigenvalue weighted by Crippen LogP contribution is 2.04. The molecule has 1 aromatic heterocycles. The molecular weight excluding hydrogens is 268 g/mol. The second-order valence-corrected chi connectivity index (χ2v) is 5.72. The molecule has 0 aliphatic carbocycles. The second-order valence-electron chi connectivity index (χ2n) is 4.57. The fourth-order valence-corrected chi connectivity index (χ4v) is 2.38. The predicted octanol–water partition coefficient (Wildman–Crippen LogP) is 2.34. The van der Waals surface area contributed by atoms with Crippen LogP contribution in [-0.4, -0.2) is 47.1 Å². The van der Waals surface area contributed by atoms with E-state index in [1.165, 1.54) is 5.69 Å². The van der Waals surface area contributed by atoms with Gasteiger partial charge in [-0.15, -0.1) is 6.58 Å². The number of thioether (sulfide) groups is 1. The van der Waals surface area contributed by atoms with Crippen LogP contribution in [0.25, 0.3) is 0 Å². The number of guanidine groups is 1. The van der Waals surface area contributed by atoms with Crippen molar-refractivity contribution in [1.29, 1.82) is 0 Å². The molecule has 0 spiro atoms. The normalized spacial score (nSPS) is 11.4. The first-order valence-electron chi connectivity index (χ1n) is 6.97. The zero-order chi connectivity index (χ0) is 14.8. The van der Waals surface area contributed by atoms with E-state index in [1.54, 1.807) is 0 Å². The summed E-state index contributed by atoms with van der Waals surface area (Å²) in [4.78, 5) is 6.83. The number of nitrogens with zero attached hydrogens (tertiary/aromatic N) is 3. The summed E-state index contributed by atoms with van der Waals surface area (Å²) < 4.78 is 2.14. The standard InChI is InChI=1S/C15H26N4S/c1-5-11-20-12-9-17-15(16-6-2)19(4)13-14-8-7-10-18(14)3/h5,7-8,10H,1,6,9,11-13H2,2-4H3,(H,16,17). The van der Waals surface area contributed by atoms with E-state index >= 15 is 0 Å². The van der Waals surface area contributed by atoms with Crippen LogP contribution in [-0.2, 0) is 13.6 Å². The molecule has 1 heterocycles. The molecule has 112 valence electrons. The highest BCUT2D eigenvalue weighted by molar-refractivity contribution is 7.99. The molecule has 1 aromatic rings. The lowest BCUT2D eigenvalue weighted by Crippen LogP contribution is -2.39. The molecule has 0 saturated carbocycles. The molecule has 4 nitrogen and oxygen atoms in total. The average molecular weight is 294 g/mol. The average Bonchev–Trinajstić information content (AvgIpc) is 2.83. The largest absolute Gasteiger partial charge is 0.357 e. The third-order valence-corrected chi connectivity index (χ3v) is 3.82. The number of nitrogens with one attached hydrogen (secondary N) is 1. The summed E-state index contributed by atoms with van der Waals surface area (Å²) in [6.07, 6.45) is 4.00. The van der Waals surface area contributed by atoms with Gasteiger partial charge in [0.15, 0.2) is 5.96 Å². The van der Waals surface area contributed by atoms with Gasteiger partial charge in [-0.2, -0.15) is 11.8 Å². The molecule has 0 aliphatic heterocycles.